The molecule has 2 nitrogen and oxygen atoms in total. The molecule has 1 aromatic carbocycles. The second-order valence-electron chi connectivity index (χ2n) is 4.72. The van der Waals surface area contributed by atoms with E-state index < -0.39 is 0 Å². The Kier molecular flexibility index (Phi) is 4.61. The topological polar surface area (TPSA) is 15.3 Å². The van der Waals surface area contributed by atoms with Crippen molar-refractivity contribution in [3.05, 3.63) is 35.9 Å². The third-order valence-corrected chi connectivity index (χ3v) is 3.14. The number of nitrogens with zero attached hydrogens (tertiary/aromatic N) is 1. The van der Waals surface area contributed by atoms with Crippen molar-refractivity contribution in [2.75, 3.05) is 33.2 Å². The highest BCUT2D eigenvalue weighted by atomic mass is 15.1. The highest BCUT2D eigenvalue weighted by Crippen LogP contribution is 2.12. The molecule has 0 bridgehead atoms. The smallest absolute Gasteiger partial charge is 0.0580 e. The predicted molar refractivity (Wildman–Crippen MR) is 71.8 cm³/mol. The van der Waals surface area contributed by atoms with Gasteiger partial charge in [0.2, 0.25) is 0 Å². The second-order valence-corrected chi connectivity index (χ2v) is 4.72. The Hall–Kier alpha value is -1.30. The molecule has 1 atom stereocenters. The van der Waals surface area contributed by atoms with Crippen molar-refractivity contribution in [2.45, 2.75) is 6.42 Å². The SMILES string of the molecule is CN1CCC(CNCC#Cc2ccccc2)C1. The lowest BCUT2D eigenvalue weighted by Gasteiger charge is -2.09. The Labute approximate surface area is 104 Å². The Morgan fingerprint density at radius 3 is 2.88 bits per heavy atom. The maximum absolute atomic E-state index is 3.42. The Morgan fingerprint density at radius 1 is 1.35 bits per heavy atom. The molecule has 1 unspecified atom stereocenters. The summed E-state index contributed by atoms with van der Waals surface area (Å²) in [6, 6.07) is 10.1. The number of hydrogen-bond acceptors (Lipinski definition) is 2. The van der Waals surface area contributed by atoms with Gasteiger partial charge in [0.25, 0.3) is 0 Å². The number of nitrogens with one attached hydrogen (secondary N) is 1. The number of hydrogen-bond donors (Lipinski definition) is 1. The molecule has 2 heteroatoms. The number of likely N-dealkylation sites (tertiary alicyclic amines) is 1. The summed E-state index contributed by atoms with van der Waals surface area (Å²) in [5.41, 5.74) is 1.09. The van der Waals surface area contributed by atoms with Crippen LogP contribution in [0, 0.1) is 17.8 Å². The minimum absolute atomic E-state index is 0.787. The zero-order valence-corrected chi connectivity index (χ0v) is 10.4. The molecule has 1 heterocycles. The Bertz CT molecular complexity index is 388. The molecule has 1 fully saturated rings. The average molecular weight is 228 g/mol. The van der Waals surface area contributed by atoms with Gasteiger partial charge < -0.3 is 10.2 Å². The summed E-state index contributed by atoms with van der Waals surface area (Å²) in [6.07, 6.45) is 1.32. The monoisotopic (exact) mass is 228 g/mol. The van der Waals surface area contributed by atoms with E-state index in [1.165, 1.54) is 19.5 Å². The van der Waals surface area contributed by atoms with Crippen LogP contribution < -0.4 is 5.32 Å². The second kappa shape index (κ2) is 6.44. The van der Waals surface area contributed by atoms with Crippen molar-refractivity contribution in [3.8, 4) is 11.8 Å². The van der Waals surface area contributed by atoms with Gasteiger partial charge in [0.05, 0.1) is 6.54 Å². The lowest BCUT2D eigenvalue weighted by atomic mass is 10.1. The quantitative estimate of drug-likeness (QED) is 0.624. The van der Waals surface area contributed by atoms with Crippen LogP contribution in [0.15, 0.2) is 30.3 Å². The van der Waals surface area contributed by atoms with Crippen molar-refractivity contribution >= 4 is 0 Å². The zero-order chi connectivity index (χ0) is 11.9. The van der Waals surface area contributed by atoms with Gasteiger partial charge in [0, 0.05) is 18.7 Å². The van der Waals surface area contributed by atoms with Crippen LogP contribution in [-0.2, 0) is 0 Å². The molecule has 0 radical (unpaired) electrons. The first-order valence-corrected chi connectivity index (χ1v) is 6.28. The fourth-order valence-corrected chi connectivity index (χ4v) is 2.20. The van der Waals surface area contributed by atoms with E-state index in [1.807, 2.05) is 30.3 Å². The molecule has 1 saturated heterocycles. The van der Waals surface area contributed by atoms with E-state index in [9.17, 15) is 0 Å². The van der Waals surface area contributed by atoms with Gasteiger partial charge >= 0.3 is 0 Å². The first kappa shape index (κ1) is 12.2. The molecule has 90 valence electrons. The summed E-state index contributed by atoms with van der Waals surface area (Å²) in [4.78, 5) is 2.39. The normalized spacial score (nSPS) is 19.9. The minimum atomic E-state index is 0.787. The van der Waals surface area contributed by atoms with E-state index in [0.717, 1.165) is 24.6 Å². The minimum Gasteiger partial charge on any atom is -0.306 e. The number of rotatable bonds is 3. The van der Waals surface area contributed by atoms with Crippen molar-refractivity contribution < 1.29 is 0 Å². The van der Waals surface area contributed by atoms with Crippen LogP contribution in [0.3, 0.4) is 0 Å². The van der Waals surface area contributed by atoms with E-state index in [0.29, 0.717) is 0 Å². The van der Waals surface area contributed by atoms with E-state index in [2.05, 4.69) is 29.1 Å². The van der Waals surface area contributed by atoms with E-state index >= 15 is 0 Å². The van der Waals surface area contributed by atoms with E-state index in [1.54, 1.807) is 0 Å². The molecule has 1 aromatic rings. The fourth-order valence-electron chi connectivity index (χ4n) is 2.20. The van der Waals surface area contributed by atoms with Gasteiger partial charge in [-0.25, -0.2) is 0 Å². The van der Waals surface area contributed by atoms with Crippen LogP contribution in [0.1, 0.15) is 12.0 Å². The predicted octanol–water partition coefficient (Wildman–Crippen LogP) is 1.58. The van der Waals surface area contributed by atoms with Crippen molar-refractivity contribution in [3.63, 3.8) is 0 Å². The van der Waals surface area contributed by atoms with Gasteiger partial charge in [-0.3, -0.25) is 0 Å². The third kappa shape index (κ3) is 4.22. The molecular formula is C15H20N2. The van der Waals surface area contributed by atoms with Crippen LogP contribution in [0.4, 0.5) is 0 Å². The Balaban J connectivity index is 1.65. The summed E-state index contributed by atoms with van der Waals surface area (Å²) < 4.78 is 0. The molecule has 1 N–H and O–H groups in total. The van der Waals surface area contributed by atoms with Crippen molar-refractivity contribution in [2.24, 2.45) is 5.92 Å². The molecular weight excluding hydrogens is 208 g/mol. The number of benzene rings is 1. The first-order valence-electron chi connectivity index (χ1n) is 6.28. The average Bonchev–Trinajstić information content (AvgIpc) is 2.76. The summed E-state index contributed by atoms with van der Waals surface area (Å²) in [5.74, 6) is 7.12. The lowest BCUT2D eigenvalue weighted by Crippen LogP contribution is -2.25. The van der Waals surface area contributed by atoms with Crippen LogP contribution in [0.5, 0.6) is 0 Å². The molecule has 1 aliphatic rings. The lowest BCUT2D eigenvalue weighted by molar-refractivity contribution is 0.390. The maximum atomic E-state index is 3.42. The third-order valence-electron chi connectivity index (χ3n) is 3.14. The van der Waals surface area contributed by atoms with Crippen LogP contribution in [0.2, 0.25) is 0 Å². The van der Waals surface area contributed by atoms with E-state index in [-0.39, 0.29) is 0 Å². The standard InChI is InChI=1S/C15H20N2/c1-17-11-9-15(13-17)12-16-10-5-8-14-6-3-2-4-7-14/h2-4,6-7,15-16H,9-13H2,1H3. The van der Waals surface area contributed by atoms with Crippen LogP contribution >= 0.6 is 0 Å². The van der Waals surface area contributed by atoms with Gasteiger partial charge in [0.15, 0.2) is 0 Å². The molecule has 0 aliphatic carbocycles. The van der Waals surface area contributed by atoms with Crippen molar-refractivity contribution in [1.29, 1.82) is 0 Å². The maximum Gasteiger partial charge on any atom is 0.0580 e. The van der Waals surface area contributed by atoms with Crippen LogP contribution in [0.25, 0.3) is 0 Å². The summed E-state index contributed by atoms with van der Waals surface area (Å²) in [6.45, 7) is 4.34. The van der Waals surface area contributed by atoms with Gasteiger partial charge in [0.1, 0.15) is 0 Å². The van der Waals surface area contributed by atoms with Crippen LogP contribution in [-0.4, -0.2) is 38.1 Å². The van der Waals surface area contributed by atoms with Gasteiger partial charge in [-0.1, -0.05) is 30.0 Å². The first-order chi connectivity index (χ1) is 8.34. The fraction of sp³-hybridized carbons (Fsp3) is 0.467. The molecule has 1 aliphatic heterocycles. The largest absolute Gasteiger partial charge is 0.306 e. The highest BCUT2D eigenvalue weighted by Gasteiger charge is 2.18. The summed E-state index contributed by atoms with van der Waals surface area (Å²) in [5, 5.41) is 3.42. The van der Waals surface area contributed by atoms with Gasteiger partial charge in [-0.05, 0) is 38.1 Å². The Morgan fingerprint density at radius 2 is 2.18 bits per heavy atom. The summed E-state index contributed by atoms with van der Waals surface area (Å²) >= 11 is 0. The molecule has 0 aromatic heterocycles. The van der Waals surface area contributed by atoms with E-state index in [4.69, 9.17) is 0 Å². The molecule has 0 spiro atoms. The zero-order valence-electron chi connectivity index (χ0n) is 10.4. The highest BCUT2D eigenvalue weighted by molar-refractivity contribution is 5.33. The van der Waals surface area contributed by atoms with Gasteiger partial charge in [-0.15, -0.1) is 0 Å². The molecule has 17 heavy (non-hydrogen) atoms. The molecule has 0 saturated carbocycles. The summed E-state index contributed by atoms with van der Waals surface area (Å²) in [7, 11) is 2.19. The molecule has 0 amide bonds. The van der Waals surface area contributed by atoms with Gasteiger partial charge in [-0.2, -0.15) is 0 Å². The molecule has 2 rings (SSSR count). The van der Waals surface area contributed by atoms with Crippen molar-refractivity contribution in [1.82, 2.24) is 10.2 Å².